The summed E-state index contributed by atoms with van der Waals surface area (Å²) in [5, 5.41) is 12.0. The number of ether oxygens (including phenoxy) is 1. The number of sulfonamides is 1. The van der Waals surface area contributed by atoms with Crippen LogP contribution in [0.25, 0.3) is 0 Å². The highest BCUT2D eigenvalue weighted by atomic mass is 32.2. The number of rotatable bonds is 8. The predicted octanol–water partition coefficient (Wildman–Crippen LogP) is 2.22. The van der Waals surface area contributed by atoms with Gasteiger partial charge in [0, 0.05) is 29.6 Å². The van der Waals surface area contributed by atoms with Crippen LogP contribution in [-0.2, 0) is 26.2 Å². The highest BCUT2D eigenvalue weighted by molar-refractivity contribution is 7.89. The SMILES string of the molecule is CC(=O)c1ccc(S(=O)(=O)N(C)CC(=O)OCc2csc([N+](=O)[O-])c2)cc1. The Morgan fingerprint density at radius 1 is 1.26 bits per heavy atom. The first-order valence-electron chi connectivity index (χ1n) is 7.56. The van der Waals surface area contributed by atoms with Crippen molar-refractivity contribution < 1.29 is 27.7 Å². The van der Waals surface area contributed by atoms with Crippen LogP contribution in [0.15, 0.2) is 40.6 Å². The molecule has 0 aliphatic carbocycles. The fraction of sp³-hybridized carbons (Fsp3) is 0.250. The lowest BCUT2D eigenvalue weighted by molar-refractivity contribution is -0.380. The van der Waals surface area contributed by atoms with Crippen LogP contribution >= 0.6 is 11.3 Å². The lowest BCUT2D eigenvalue weighted by Crippen LogP contribution is -2.33. The van der Waals surface area contributed by atoms with E-state index in [0.717, 1.165) is 15.6 Å². The minimum Gasteiger partial charge on any atom is -0.460 e. The van der Waals surface area contributed by atoms with Crippen molar-refractivity contribution in [3.63, 3.8) is 0 Å². The average molecular weight is 412 g/mol. The molecule has 0 amide bonds. The molecule has 0 fully saturated rings. The van der Waals surface area contributed by atoms with Crippen LogP contribution in [0.2, 0.25) is 0 Å². The maximum Gasteiger partial charge on any atom is 0.324 e. The zero-order valence-electron chi connectivity index (χ0n) is 14.4. The van der Waals surface area contributed by atoms with Gasteiger partial charge >= 0.3 is 11.0 Å². The summed E-state index contributed by atoms with van der Waals surface area (Å²) >= 11 is 0.907. The number of ketones is 1. The highest BCUT2D eigenvalue weighted by Crippen LogP contribution is 2.23. The Labute approximate surface area is 159 Å². The summed E-state index contributed by atoms with van der Waals surface area (Å²) in [5.74, 6) is -0.986. The summed E-state index contributed by atoms with van der Waals surface area (Å²) in [4.78, 5) is 33.2. The minimum absolute atomic E-state index is 0.0590. The molecule has 2 rings (SSSR count). The largest absolute Gasteiger partial charge is 0.460 e. The van der Waals surface area contributed by atoms with Gasteiger partial charge in [-0.2, -0.15) is 4.31 Å². The third-order valence-electron chi connectivity index (χ3n) is 3.54. The molecule has 0 spiro atoms. The second kappa shape index (κ2) is 8.37. The monoisotopic (exact) mass is 412 g/mol. The first-order chi connectivity index (χ1) is 12.6. The third kappa shape index (κ3) is 5.18. The Bertz CT molecular complexity index is 965. The van der Waals surface area contributed by atoms with E-state index in [9.17, 15) is 28.1 Å². The molecular formula is C16H16N2O7S2. The van der Waals surface area contributed by atoms with Crippen LogP contribution in [0, 0.1) is 10.1 Å². The van der Waals surface area contributed by atoms with Crippen molar-refractivity contribution in [3.05, 3.63) is 57.0 Å². The van der Waals surface area contributed by atoms with Crippen molar-refractivity contribution >= 4 is 38.1 Å². The van der Waals surface area contributed by atoms with Gasteiger partial charge in [-0.15, -0.1) is 0 Å². The van der Waals surface area contributed by atoms with Crippen molar-refractivity contribution in [1.29, 1.82) is 0 Å². The molecule has 9 nitrogen and oxygen atoms in total. The quantitative estimate of drug-likeness (QED) is 0.282. The maximum atomic E-state index is 12.5. The van der Waals surface area contributed by atoms with E-state index in [1.807, 2.05) is 0 Å². The zero-order chi connectivity index (χ0) is 20.2. The van der Waals surface area contributed by atoms with E-state index in [0.29, 0.717) is 11.1 Å². The average Bonchev–Trinajstić information content (AvgIpc) is 3.09. The molecule has 0 unspecified atom stereocenters. The van der Waals surface area contributed by atoms with Crippen molar-refractivity contribution in [2.45, 2.75) is 18.4 Å². The summed E-state index contributed by atoms with van der Waals surface area (Å²) in [6.07, 6.45) is 0. The van der Waals surface area contributed by atoms with E-state index in [2.05, 4.69) is 0 Å². The summed E-state index contributed by atoms with van der Waals surface area (Å²) in [6, 6.07) is 6.65. The summed E-state index contributed by atoms with van der Waals surface area (Å²) in [5.41, 5.74) is 0.825. The van der Waals surface area contributed by atoms with Gasteiger partial charge in [-0.3, -0.25) is 19.7 Å². The van der Waals surface area contributed by atoms with Gasteiger partial charge in [0.2, 0.25) is 10.0 Å². The van der Waals surface area contributed by atoms with E-state index in [-0.39, 0.29) is 22.3 Å². The van der Waals surface area contributed by atoms with Crippen LogP contribution in [0.4, 0.5) is 5.00 Å². The Balaban J connectivity index is 1.97. The molecule has 0 N–H and O–H groups in total. The topological polar surface area (TPSA) is 124 Å². The number of thiophene rings is 1. The van der Waals surface area contributed by atoms with Gasteiger partial charge in [0.05, 0.1) is 9.82 Å². The highest BCUT2D eigenvalue weighted by Gasteiger charge is 2.24. The van der Waals surface area contributed by atoms with Gasteiger partial charge in [0.25, 0.3) is 0 Å². The molecule has 144 valence electrons. The number of esters is 1. The molecule has 1 aromatic heterocycles. The second-order valence-corrected chi connectivity index (χ2v) is 8.49. The Hall–Kier alpha value is -2.63. The van der Waals surface area contributed by atoms with E-state index >= 15 is 0 Å². The van der Waals surface area contributed by atoms with Crippen molar-refractivity contribution in [2.75, 3.05) is 13.6 Å². The third-order valence-corrected chi connectivity index (χ3v) is 6.29. The molecule has 1 aromatic carbocycles. The zero-order valence-corrected chi connectivity index (χ0v) is 16.1. The molecule has 0 bridgehead atoms. The Morgan fingerprint density at radius 2 is 1.89 bits per heavy atom. The van der Waals surface area contributed by atoms with Gasteiger partial charge in [-0.05, 0) is 19.1 Å². The minimum atomic E-state index is -3.93. The Morgan fingerprint density at radius 3 is 2.41 bits per heavy atom. The maximum absolute atomic E-state index is 12.5. The first-order valence-corrected chi connectivity index (χ1v) is 9.88. The second-order valence-electron chi connectivity index (χ2n) is 5.55. The van der Waals surface area contributed by atoms with Gasteiger partial charge in [0.1, 0.15) is 13.2 Å². The normalized spacial score (nSPS) is 11.4. The number of carbonyl (C=O) groups is 2. The lowest BCUT2D eigenvalue weighted by Gasteiger charge is -2.16. The smallest absolute Gasteiger partial charge is 0.324 e. The molecule has 11 heteroatoms. The van der Waals surface area contributed by atoms with Crippen LogP contribution in [0.3, 0.4) is 0 Å². The van der Waals surface area contributed by atoms with Crippen molar-refractivity contribution in [1.82, 2.24) is 4.31 Å². The molecule has 27 heavy (non-hydrogen) atoms. The summed E-state index contributed by atoms with van der Waals surface area (Å²) in [6.45, 7) is 0.654. The van der Waals surface area contributed by atoms with Crippen molar-refractivity contribution in [3.8, 4) is 0 Å². The number of nitrogens with zero attached hydrogens (tertiary/aromatic N) is 2. The first kappa shape index (κ1) is 20.7. The molecule has 2 aromatic rings. The van der Waals surface area contributed by atoms with Gasteiger partial charge in [0.15, 0.2) is 5.78 Å². The molecule has 0 saturated carbocycles. The fourth-order valence-corrected chi connectivity index (χ4v) is 3.88. The molecule has 0 aliphatic rings. The van der Waals surface area contributed by atoms with Gasteiger partial charge < -0.3 is 4.74 Å². The van der Waals surface area contributed by atoms with E-state index in [1.165, 1.54) is 49.7 Å². The number of hydrogen-bond donors (Lipinski definition) is 0. The number of nitro groups is 1. The number of Topliss-reactive ketones (excluding diaryl/α,β-unsaturated/α-hetero) is 1. The molecular weight excluding hydrogens is 396 g/mol. The Kier molecular flexibility index (Phi) is 6.41. The van der Waals surface area contributed by atoms with E-state index in [4.69, 9.17) is 4.74 Å². The van der Waals surface area contributed by atoms with Crippen LogP contribution in [0.5, 0.6) is 0 Å². The fourth-order valence-electron chi connectivity index (χ4n) is 2.05. The molecule has 0 atom stereocenters. The molecule has 0 saturated heterocycles. The van der Waals surface area contributed by atoms with Gasteiger partial charge in [-0.1, -0.05) is 23.5 Å². The number of carbonyl (C=O) groups excluding carboxylic acids is 2. The van der Waals surface area contributed by atoms with Crippen LogP contribution in [0.1, 0.15) is 22.8 Å². The molecule has 1 heterocycles. The molecule has 0 radical (unpaired) electrons. The van der Waals surface area contributed by atoms with Crippen LogP contribution < -0.4 is 0 Å². The van der Waals surface area contributed by atoms with Crippen LogP contribution in [-0.4, -0.2) is 43.0 Å². The number of benzene rings is 1. The number of likely N-dealkylation sites (N-methyl/N-ethyl adjacent to an activating group) is 1. The summed E-state index contributed by atoms with van der Waals surface area (Å²) in [7, 11) is -2.71. The summed E-state index contributed by atoms with van der Waals surface area (Å²) < 4.78 is 30.7. The standard InChI is InChI=1S/C16H16N2O7S2/c1-11(19)13-3-5-14(6-4-13)27(23,24)17(2)8-16(20)25-9-12-7-15(18(21)22)26-10-12/h3-7,10H,8-9H2,1-2H3. The van der Waals surface area contributed by atoms with E-state index in [1.54, 1.807) is 0 Å². The van der Waals surface area contributed by atoms with Crippen molar-refractivity contribution in [2.24, 2.45) is 0 Å². The molecule has 0 aliphatic heterocycles. The van der Waals surface area contributed by atoms with E-state index < -0.39 is 27.5 Å². The predicted molar refractivity (Wildman–Crippen MR) is 97.0 cm³/mol. The van der Waals surface area contributed by atoms with Gasteiger partial charge in [-0.25, -0.2) is 8.42 Å². The number of hydrogen-bond acceptors (Lipinski definition) is 8. The lowest BCUT2D eigenvalue weighted by atomic mass is 10.2.